The second kappa shape index (κ2) is 3.70. The second-order valence-electron chi connectivity index (χ2n) is 6.03. The number of aromatic hydroxyl groups is 1. The van der Waals surface area contributed by atoms with Crippen LogP contribution < -0.4 is 5.32 Å². The van der Waals surface area contributed by atoms with Crippen LogP contribution >= 0.6 is 0 Å². The molecular formula is C14H20FNO. The molecular weight excluding hydrogens is 217 g/mol. The maximum atomic E-state index is 13.1. The smallest absolute Gasteiger partial charge is 0.123 e. The maximum Gasteiger partial charge on any atom is 0.123 e. The van der Waals surface area contributed by atoms with E-state index in [1.54, 1.807) is 0 Å². The summed E-state index contributed by atoms with van der Waals surface area (Å²) in [4.78, 5) is 0. The molecule has 0 aromatic heterocycles. The largest absolute Gasteiger partial charge is 0.508 e. The van der Waals surface area contributed by atoms with E-state index in [1.807, 2.05) is 0 Å². The summed E-state index contributed by atoms with van der Waals surface area (Å²) in [5.41, 5.74) is 1.11. The highest BCUT2D eigenvalue weighted by Crippen LogP contribution is 2.62. The fourth-order valence-electron chi connectivity index (χ4n) is 2.61. The zero-order valence-electron chi connectivity index (χ0n) is 10.8. The predicted molar refractivity (Wildman–Crippen MR) is 66.3 cm³/mol. The number of hydrogen-bond acceptors (Lipinski definition) is 2. The lowest BCUT2D eigenvalue weighted by Gasteiger charge is -2.08. The number of rotatable bonds is 3. The summed E-state index contributed by atoms with van der Waals surface area (Å²) in [5, 5.41) is 13.0. The quantitative estimate of drug-likeness (QED) is 0.846. The molecule has 1 aromatic rings. The minimum absolute atomic E-state index is 0.148. The van der Waals surface area contributed by atoms with Crippen molar-refractivity contribution < 1.29 is 9.50 Å². The summed E-state index contributed by atoms with van der Waals surface area (Å²) < 4.78 is 13.1. The highest BCUT2D eigenvalue weighted by molar-refractivity contribution is 5.33. The molecule has 1 fully saturated rings. The van der Waals surface area contributed by atoms with Crippen LogP contribution in [0.15, 0.2) is 18.2 Å². The molecule has 0 atom stereocenters. The van der Waals surface area contributed by atoms with Crippen molar-refractivity contribution in [3.8, 4) is 5.75 Å². The van der Waals surface area contributed by atoms with E-state index in [-0.39, 0.29) is 22.4 Å². The fourth-order valence-corrected chi connectivity index (χ4v) is 2.61. The lowest BCUT2D eigenvalue weighted by atomic mass is 10.0. The first-order valence-electron chi connectivity index (χ1n) is 5.97. The zero-order valence-corrected chi connectivity index (χ0v) is 10.8. The molecule has 1 aliphatic rings. The SMILES string of the molecule is CC1(C)C(NCc2cc(F)ccc2O)C1(C)C. The second-order valence-corrected chi connectivity index (χ2v) is 6.03. The normalized spacial score (nSPS) is 21.5. The van der Waals surface area contributed by atoms with Crippen molar-refractivity contribution in [1.29, 1.82) is 0 Å². The van der Waals surface area contributed by atoms with E-state index in [2.05, 4.69) is 33.0 Å². The molecule has 1 saturated carbocycles. The summed E-state index contributed by atoms with van der Waals surface area (Å²) in [6, 6.07) is 4.45. The predicted octanol–water partition coefficient (Wildman–Crippen LogP) is 3.06. The van der Waals surface area contributed by atoms with E-state index in [0.717, 1.165) is 0 Å². The molecule has 0 amide bonds. The average molecular weight is 237 g/mol. The highest BCUT2D eigenvalue weighted by Gasteiger charge is 2.64. The van der Waals surface area contributed by atoms with Crippen molar-refractivity contribution in [2.24, 2.45) is 10.8 Å². The van der Waals surface area contributed by atoms with Crippen molar-refractivity contribution in [3.05, 3.63) is 29.6 Å². The minimum atomic E-state index is -0.311. The Morgan fingerprint density at radius 1 is 1.24 bits per heavy atom. The standard InChI is InChI=1S/C14H20FNO/c1-13(2)12(14(13,3)4)16-8-9-7-10(15)5-6-11(9)17/h5-7,12,16-17H,8H2,1-4H3. The molecule has 94 valence electrons. The van der Waals surface area contributed by atoms with E-state index in [0.29, 0.717) is 18.2 Å². The molecule has 0 unspecified atom stereocenters. The van der Waals surface area contributed by atoms with E-state index in [1.165, 1.54) is 18.2 Å². The molecule has 2 N–H and O–H groups in total. The summed E-state index contributed by atoms with van der Waals surface area (Å²) in [6.45, 7) is 9.37. The van der Waals surface area contributed by atoms with Crippen LogP contribution in [0.4, 0.5) is 4.39 Å². The minimum Gasteiger partial charge on any atom is -0.508 e. The van der Waals surface area contributed by atoms with Crippen LogP contribution in [-0.2, 0) is 6.54 Å². The van der Waals surface area contributed by atoms with Crippen LogP contribution in [0.5, 0.6) is 5.75 Å². The highest BCUT2D eigenvalue weighted by atomic mass is 19.1. The van der Waals surface area contributed by atoms with Gasteiger partial charge in [0.15, 0.2) is 0 Å². The van der Waals surface area contributed by atoms with Gasteiger partial charge in [-0.05, 0) is 29.0 Å². The number of nitrogens with one attached hydrogen (secondary N) is 1. The van der Waals surface area contributed by atoms with Crippen molar-refractivity contribution in [1.82, 2.24) is 5.32 Å². The topological polar surface area (TPSA) is 32.3 Å². The zero-order chi connectivity index (χ0) is 12.8. The number of phenols is 1. The van der Waals surface area contributed by atoms with Crippen LogP contribution in [-0.4, -0.2) is 11.1 Å². The lowest BCUT2D eigenvalue weighted by Crippen LogP contribution is -2.21. The van der Waals surface area contributed by atoms with Crippen molar-refractivity contribution >= 4 is 0 Å². The Bertz CT molecular complexity index is 426. The van der Waals surface area contributed by atoms with Gasteiger partial charge in [0.1, 0.15) is 11.6 Å². The van der Waals surface area contributed by atoms with Gasteiger partial charge in [-0.25, -0.2) is 4.39 Å². The molecule has 0 aliphatic heterocycles. The molecule has 2 nitrogen and oxygen atoms in total. The van der Waals surface area contributed by atoms with Crippen LogP contribution in [0, 0.1) is 16.6 Å². The molecule has 17 heavy (non-hydrogen) atoms. The molecule has 0 bridgehead atoms. The van der Waals surface area contributed by atoms with Gasteiger partial charge in [0.25, 0.3) is 0 Å². The monoisotopic (exact) mass is 237 g/mol. The third kappa shape index (κ3) is 1.93. The first kappa shape index (κ1) is 12.4. The molecule has 0 radical (unpaired) electrons. The van der Waals surface area contributed by atoms with Gasteiger partial charge in [0.05, 0.1) is 0 Å². The van der Waals surface area contributed by atoms with Crippen molar-refractivity contribution in [2.75, 3.05) is 0 Å². The Kier molecular flexibility index (Phi) is 2.69. The first-order valence-corrected chi connectivity index (χ1v) is 5.97. The summed E-state index contributed by atoms with van der Waals surface area (Å²) in [7, 11) is 0. The van der Waals surface area contributed by atoms with Gasteiger partial charge in [-0.1, -0.05) is 27.7 Å². The third-order valence-corrected chi connectivity index (χ3v) is 4.56. The average Bonchev–Trinajstić information content (AvgIpc) is 2.60. The number of hydrogen-bond donors (Lipinski definition) is 2. The molecule has 1 aliphatic carbocycles. The summed E-state index contributed by atoms with van der Waals surface area (Å²) in [5.74, 6) is -0.163. The molecule has 1 aromatic carbocycles. The molecule has 0 saturated heterocycles. The number of phenolic OH excluding ortho intramolecular Hbond substituents is 1. The Labute approximate surface area is 102 Å². The van der Waals surface area contributed by atoms with Gasteiger partial charge in [0, 0.05) is 18.2 Å². The molecule has 0 heterocycles. The third-order valence-electron chi connectivity index (χ3n) is 4.56. The first-order chi connectivity index (χ1) is 7.76. The van der Waals surface area contributed by atoms with E-state index in [9.17, 15) is 9.50 Å². The Balaban J connectivity index is 2.03. The summed E-state index contributed by atoms with van der Waals surface area (Å²) in [6.07, 6.45) is 0. The van der Waals surface area contributed by atoms with Crippen LogP contribution in [0.3, 0.4) is 0 Å². The van der Waals surface area contributed by atoms with Gasteiger partial charge >= 0.3 is 0 Å². The van der Waals surface area contributed by atoms with E-state index < -0.39 is 0 Å². The van der Waals surface area contributed by atoms with Gasteiger partial charge < -0.3 is 10.4 Å². The van der Waals surface area contributed by atoms with Crippen LogP contribution in [0.2, 0.25) is 0 Å². The number of halogens is 1. The molecule has 2 rings (SSSR count). The Morgan fingerprint density at radius 3 is 2.35 bits per heavy atom. The van der Waals surface area contributed by atoms with Crippen molar-refractivity contribution in [2.45, 2.75) is 40.3 Å². The van der Waals surface area contributed by atoms with Gasteiger partial charge in [0.2, 0.25) is 0 Å². The lowest BCUT2D eigenvalue weighted by molar-refractivity contribution is 0.457. The summed E-state index contributed by atoms with van der Waals surface area (Å²) >= 11 is 0. The van der Waals surface area contributed by atoms with Gasteiger partial charge in [-0.3, -0.25) is 0 Å². The Morgan fingerprint density at radius 2 is 1.82 bits per heavy atom. The van der Waals surface area contributed by atoms with Gasteiger partial charge in [-0.2, -0.15) is 0 Å². The van der Waals surface area contributed by atoms with Crippen molar-refractivity contribution in [3.63, 3.8) is 0 Å². The molecule has 3 heteroatoms. The fraction of sp³-hybridized carbons (Fsp3) is 0.571. The van der Waals surface area contributed by atoms with E-state index >= 15 is 0 Å². The maximum absolute atomic E-state index is 13.1. The Hall–Kier alpha value is -1.09. The van der Waals surface area contributed by atoms with Crippen LogP contribution in [0.1, 0.15) is 33.3 Å². The van der Waals surface area contributed by atoms with Gasteiger partial charge in [-0.15, -0.1) is 0 Å². The van der Waals surface area contributed by atoms with E-state index in [4.69, 9.17) is 0 Å². The van der Waals surface area contributed by atoms with Crippen LogP contribution in [0.25, 0.3) is 0 Å². The molecule has 0 spiro atoms. The number of benzene rings is 1.